The lowest BCUT2D eigenvalue weighted by molar-refractivity contribution is 0.0638. The highest BCUT2D eigenvalue weighted by Crippen LogP contribution is 2.19. The van der Waals surface area contributed by atoms with Crippen molar-refractivity contribution < 1.29 is 4.79 Å². The van der Waals surface area contributed by atoms with Gasteiger partial charge in [0.2, 0.25) is 0 Å². The number of pyridine rings is 2. The lowest BCUT2D eigenvalue weighted by atomic mass is 10.0. The van der Waals surface area contributed by atoms with Crippen molar-refractivity contribution in [3.63, 3.8) is 0 Å². The molecule has 2 aromatic rings. The fourth-order valence-electron chi connectivity index (χ4n) is 3.32. The number of likely N-dealkylation sites (tertiary alicyclic amines) is 1. The number of aromatic nitrogens is 2. The van der Waals surface area contributed by atoms with Crippen LogP contribution < -0.4 is 0 Å². The zero-order chi connectivity index (χ0) is 17.6. The second-order valence-corrected chi connectivity index (χ2v) is 6.69. The molecule has 0 unspecified atom stereocenters. The summed E-state index contributed by atoms with van der Waals surface area (Å²) in [7, 11) is 2.15. The highest BCUT2D eigenvalue weighted by molar-refractivity contribution is 5.93. The van der Waals surface area contributed by atoms with Crippen molar-refractivity contribution in [1.29, 1.82) is 0 Å². The van der Waals surface area contributed by atoms with Gasteiger partial charge in [0, 0.05) is 44.3 Å². The van der Waals surface area contributed by atoms with Crippen molar-refractivity contribution in [3.05, 3.63) is 59.7 Å². The number of amides is 1. The molecule has 3 rings (SSSR count). The molecule has 0 aromatic carbocycles. The number of carbonyl (C=O) groups is 1. The van der Waals surface area contributed by atoms with Gasteiger partial charge in [-0.15, -0.1) is 0 Å². The molecule has 1 amide bonds. The van der Waals surface area contributed by atoms with Gasteiger partial charge in [-0.25, -0.2) is 0 Å². The molecule has 0 N–H and O–H groups in total. The van der Waals surface area contributed by atoms with Gasteiger partial charge in [0.05, 0.1) is 11.3 Å². The molecule has 2 aromatic heterocycles. The Morgan fingerprint density at radius 3 is 2.64 bits per heavy atom. The zero-order valence-corrected chi connectivity index (χ0v) is 15.1. The molecule has 0 radical (unpaired) electrons. The Balaban J connectivity index is 1.52. The fraction of sp³-hybridized carbons (Fsp3) is 0.450. The summed E-state index contributed by atoms with van der Waals surface area (Å²) in [6.45, 7) is 4.59. The van der Waals surface area contributed by atoms with E-state index >= 15 is 0 Å². The molecule has 1 fully saturated rings. The van der Waals surface area contributed by atoms with Gasteiger partial charge < -0.3 is 4.90 Å². The molecule has 1 saturated heterocycles. The van der Waals surface area contributed by atoms with Crippen LogP contribution in [0.5, 0.6) is 0 Å². The van der Waals surface area contributed by atoms with Gasteiger partial charge >= 0.3 is 0 Å². The van der Waals surface area contributed by atoms with Crippen molar-refractivity contribution in [3.8, 4) is 0 Å². The smallest absolute Gasteiger partial charge is 0.255 e. The number of aryl methyl sites for hydroxylation is 1. The molecule has 0 atom stereocenters. The molecule has 0 bridgehead atoms. The third kappa shape index (κ3) is 4.42. The van der Waals surface area contributed by atoms with Crippen LogP contribution >= 0.6 is 0 Å². The van der Waals surface area contributed by atoms with Crippen molar-refractivity contribution in [2.45, 2.75) is 38.8 Å². The fourth-order valence-corrected chi connectivity index (χ4v) is 3.32. The SMILES string of the molecule is CCc1ccc(CN(C)C2CCN(C(=O)c3cccnc3)CC2)nc1. The van der Waals surface area contributed by atoms with Gasteiger partial charge in [-0.2, -0.15) is 0 Å². The summed E-state index contributed by atoms with van der Waals surface area (Å²) in [5.74, 6) is 0.0889. The highest BCUT2D eigenvalue weighted by atomic mass is 16.2. The molecule has 5 heteroatoms. The van der Waals surface area contributed by atoms with E-state index in [1.54, 1.807) is 12.4 Å². The van der Waals surface area contributed by atoms with Gasteiger partial charge in [0.15, 0.2) is 0 Å². The van der Waals surface area contributed by atoms with Crippen LogP contribution in [0.2, 0.25) is 0 Å². The van der Waals surface area contributed by atoms with E-state index in [9.17, 15) is 4.79 Å². The van der Waals surface area contributed by atoms with Gasteiger partial charge in [0.25, 0.3) is 5.91 Å². The lowest BCUT2D eigenvalue weighted by Crippen LogP contribution is -2.45. The van der Waals surface area contributed by atoms with Crippen LogP contribution in [0.3, 0.4) is 0 Å². The minimum atomic E-state index is 0.0889. The minimum Gasteiger partial charge on any atom is -0.338 e. The molecular formula is C20H26N4O. The zero-order valence-electron chi connectivity index (χ0n) is 15.1. The van der Waals surface area contributed by atoms with E-state index in [2.05, 4.69) is 41.0 Å². The van der Waals surface area contributed by atoms with E-state index in [1.807, 2.05) is 23.2 Å². The minimum absolute atomic E-state index is 0.0889. The molecule has 25 heavy (non-hydrogen) atoms. The second kappa shape index (κ2) is 8.21. The summed E-state index contributed by atoms with van der Waals surface area (Å²) in [4.78, 5) is 25.4. The second-order valence-electron chi connectivity index (χ2n) is 6.69. The number of nitrogens with zero attached hydrogens (tertiary/aromatic N) is 4. The van der Waals surface area contributed by atoms with E-state index in [0.29, 0.717) is 11.6 Å². The number of hydrogen-bond donors (Lipinski definition) is 0. The van der Waals surface area contributed by atoms with Crippen LogP contribution in [0.1, 0.15) is 41.4 Å². The summed E-state index contributed by atoms with van der Waals surface area (Å²) in [5, 5.41) is 0. The Bertz CT molecular complexity index is 679. The summed E-state index contributed by atoms with van der Waals surface area (Å²) in [6, 6.07) is 8.41. The first-order chi connectivity index (χ1) is 12.2. The summed E-state index contributed by atoms with van der Waals surface area (Å²) >= 11 is 0. The van der Waals surface area contributed by atoms with E-state index in [-0.39, 0.29) is 5.91 Å². The first-order valence-corrected chi connectivity index (χ1v) is 9.00. The Hall–Kier alpha value is -2.27. The molecule has 0 saturated carbocycles. The van der Waals surface area contributed by atoms with E-state index in [4.69, 9.17) is 0 Å². The Kier molecular flexibility index (Phi) is 5.76. The number of rotatable bonds is 5. The van der Waals surface area contributed by atoms with Crippen molar-refractivity contribution in [1.82, 2.24) is 19.8 Å². The van der Waals surface area contributed by atoms with Gasteiger partial charge in [-0.3, -0.25) is 19.7 Å². The van der Waals surface area contributed by atoms with Gasteiger partial charge in [-0.1, -0.05) is 13.0 Å². The maximum atomic E-state index is 12.5. The Morgan fingerprint density at radius 1 is 1.24 bits per heavy atom. The Morgan fingerprint density at radius 2 is 2.04 bits per heavy atom. The third-order valence-electron chi connectivity index (χ3n) is 4.99. The topological polar surface area (TPSA) is 49.3 Å². The molecular weight excluding hydrogens is 312 g/mol. The number of piperidine rings is 1. The van der Waals surface area contributed by atoms with Crippen LogP contribution in [0, 0.1) is 0 Å². The largest absolute Gasteiger partial charge is 0.338 e. The van der Waals surface area contributed by atoms with Crippen LogP contribution in [0.25, 0.3) is 0 Å². The molecule has 1 aliphatic heterocycles. The maximum absolute atomic E-state index is 12.5. The van der Waals surface area contributed by atoms with E-state index in [0.717, 1.165) is 44.6 Å². The molecule has 5 nitrogen and oxygen atoms in total. The molecule has 1 aliphatic rings. The van der Waals surface area contributed by atoms with Gasteiger partial charge in [0.1, 0.15) is 0 Å². The lowest BCUT2D eigenvalue weighted by Gasteiger charge is -2.36. The summed E-state index contributed by atoms with van der Waals surface area (Å²) in [6.07, 6.45) is 8.32. The quantitative estimate of drug-likeness (QED) is 0.841. The average molecular weight is 338 g/mol. The number of hydrogen-bond acceptors (Lipinski definition) is 4. The van der Waals surface area contributed by atoms with Crippen LogP contribution in [0.4, 0.5) is 0 Å². The van der Waals surface area contributed by atoms with Crippen LogP contribution in [-0.2, 0) is 13.0 Å². The molecule has 0 spiro atoms. The normalized spacial score (nSPS) is 15.6. The van der Waals surface area contributed by atoms with Crippen molar-refractivity contribution in [2.24, 2.45) is 0 Å². The van der Waals surface area contributed by atoms with Crippen molar-refractivity contribution >= 4 is 5.91 Å². The third-order valence-corrected chi connectivity index (χ3v) is 4.99. The maximum Gasteiger partial charge on any atom is 0.255 e. The first kappa shape index (κ1) is 17.5. The molecule has 0 aliphatic carbocycles. The van der Waals surface area contributed by atoms with E-state index in [1.165, 1.54) is 5.56 Å². The molecule has 3 heterocycles. The van der Waals surface area contributed by atoms with Crippen molar-refractivity contribution in [2.75, 3.05) is 20.1 Å². The predicted octanol–water partition coefficient (Wildman–Crippen LogP) is 2.78. The summed E-state index contributed by atoms with van der Waals surface area (Å²) in [5.41, 5.74) is 3.05. The average Bonchev–Trinajstić information content (AvgIpc) is 2.69. The van der Waals surface area contributed by atoms with Gasteiger partial charge in [-0.05, 0) is 50.1 Å². The number of carbonyl (C=O) groups excluding carboxylic acids is 1. The highest BCUT2D eigenvalue weighted by Gasteiger charge is 2.26. The molecule has 132 valence electrons. The summed E-state index contributed by atoms with van der Waals surface area (Å²) < 4.78 is 0. The first-order valence-electron chi connectivity index (χ1n) is 9.00. The van der Waals surface area contributed by atoms with Crippen LogP contribution in [0.15, 0.2) is 42.9 Å². The van der Waals surface area contributed by atoms with Crippen LogP contribution in [-0.4, -0.2) is 51.9 Å². The Labute approximate surface area is 149 Å². The van der Waals surface area contributed by atoms with E-state index < -0.39 is 0 Å². The monoisotopic (exact) mass is 338 g/mol. The standard InChI is InChI=1S/C20H26N4O/c1-3-16-6-7-18(22-13-16)15-23(2)19-8-11-24(12-9-19)20(25)17-5-4-10-21-14-17/h4-7,10,13-14,19H,3,8-9,11-12,15H2,1-2H3. The predicted molar refractivity (Wildman–Crippen MR) is 98.2 cm³/mol.